The fourth-order valence-electron chi connectivity index (χ4n) is 3.59. The topological polar surface area (TPSA) is 137 Å². The maximum absolute atomic E-state index is 13.0. The molecule has 0 saturated heterocycles. The van der Waals surface area contributed by atoms with Crippen molar-refractivity contribution in [3.8, 4) is 16.9 Å². The number of sulfone groups is 1. The zero-order valence-electron chi connectivity index (χ0n) is 20.8. The van der Waals surface area contributed by atoms with Crippen LogP contribution in [-0.2, 0) is 19.4 Å². The first kappa shape index (κ1) is 27.4. The van der Waals surface area contributed by atoms with Gasteiger partial charge in [0.2, 0.25) is 0 Å². The number of amidine groups is 1. The molecule has 3 rings (SSSR count). The number of nitrogens with two attached hydrogens (primary N) is 1. The van der Waals surface area contributed by atoms with E-state index >= 15 is 0 Å². The summed E-state index contributed by atoms with van der Waals surface area (Å²) < 4.78 is 34.7. The summed E-state index contributed by atoms with van der Waals surface area (Å²) in [5.41, 5.74) is 8.15. The molecule has 0 aliphatic carbocycles. The molecule has 0 spiro atoms. The largest absolute Gasteiger partial charge is 0.481 e. The van der Waals surface area contributed by atoms with E-state index in [1.807, 2.05) is 6.92 Å². The predicted octanol–water partition coefficient (Wildman–Crippen LogP) is 4.42. The van der Waals surface area contributed by atoms with Crippen molar-refractivity contribution in [1.29, 1.82) is 0 Å². The quantitative estimate of drug-likeness (QED) is 0.313. The van der Waals surface area contributed by atoms with Gasteiger partial charge in [0.1, 0.15) is 11.6 Å². The molecule has 0 saturated carbocycles. The average molecular weight is 524 g/mol. The second-order valence-corrected chi connectivity index (χ2v) is 10.2. The van der Waals surface area contributed by atoms with Gasteiger partial charge in [0, 0.05) is 23.1 Å². The van der Waals surface area contributed by atoms with Crippen LogP contribution in [0.4, 0.5) is 10.5 Å². The Morgan fingerprint density at radius 3 is 2.38 bits per heavy atom. The third-order valence-electron chi connectivity index (χ3n) is 5.39. The Bertz CT molecular complexity index is 1400. The van der Waals surface area contributed by atoms with E-state index in [9.17, 15) is 18.0 Å². The summed E-state index contributed by atoms with van der Waals surface area (Å²) >= 11 is 0. The summed E-state index contributed by atoms with van der Waals surface area (Å²) in [7, 11) is -2.20. The van der Waals surface area contributed by atoms with Gasteiger partial charge in [-0.05, 0) is 42.3 Å². The van der Waals surface area contributed by atoms with Gasteiger partial charge in [0.15, 0.2) is 15.9 Å². The number of benzene rings is 3. The van der Waals surface area contributed by atoms with Gasteiger partial charge in [-0.25, -0.2) is 13.2 Å². The third kappa shape index (κ3) is 7.40. The van der Waals surface area contributed by atoms with Crippen LogP contribution in [0.3, 0.4) is 0 Å². The summed E-state index contributed by atoms with van der Waals surface area (Å²) in [6.07, 6.45) is 0.721. The second-order valence-electron chi connectivity index (χ2n) is 8.23. The number of hydrogen-bond donors (Lipinski definition) is 2. The van der Waals surface area contributed by atoms with E-state index in [-0.39, 0.29) is 16.6 Å². The Kier molecular flexibility index (Phi) is 9.02. The fraction of sp³-hybridized carbons (Fsp3) is 0.222. The fourth-order valence-corrected chi connectivity index (χ4v) is 4.50. The standard InChI is InChI=1S/C27H29N3O6S/c1-4-8-23(36-21-10-7-9-19(17-21)25(28)30-27(32)35-2)26(31)29-20-15-13-18(14-16-20)22-11-5-6-12-24(22)37(3,33)34/h5-7,9-17,23H,4,8H2,1-3H3,(H,29,31)(H2,28,30,32). The number of methoxy groups -OCH3 is 1. The Hall–Kier alpha value is -4.18. The predicted molar refractivity (Wildman–Crippen MR) is 143 cm³/mol. The SMILES string of the molecule is CCCC(Oc1cccc(/C(N)=N/C(=O)OC)c1)C(=O)Nc1ccc(-c2ccccc2S(C)(=O)=O)cc1. The molecule has 9 nitrogen and oxygen atoms in total. The normalized spacial score (nSPS) is 12.5. The van der Waals surface area contributed by atoms with Crippen LogP contribution in [0.1, 0.15) is 25.3 Å². The maximum atomic E-state index is 13.0. The summed E-state index contributed by atoms with van der Waals surface area (Å²) in [5.74, 6) is 0.0147. The van der Waals surface area contributed by atoms with E-state index in [2.05, 4.69) is 15.0 Å². The molecule has 3 aromatic rings. The lowest BCUT2D eigenvalue weighted by Crippen LogP contribution is -2.33. The number of aliphatic imine (C=N–C) groups is 1. The van der Waals surface area contributed by atoms with E-state index in [4.69, 9.17) is 10.5 Å². The number of amides is 2. The van der Waals surface area contributed by atoms with Crippen LogP contribution in [0.25, 0.3) is 11.1 Å². The van der Waals surface area contributed by atoms with Crippen LogP contribution in [0, 0.1) is 0 Å². The number of rotatable bonds is 9. The smallest absolute Gasteiger partial charge is 0.435 e. The molecular formula is C27H29N3O6S. The first-order chi connectivity index (χ1) is 17.6. The monoisotopic (exact) mass is 523 g/mol. The highest BCUT2D eigenvalue weighted by Gasteiger charge is 2.21. The Labute approximate surface area is 216 Å². The lowest BCUT2D eigenvalue weighted by Gasteiger charge is -2.19. The molecule has 1 unspecified atom stereocenters. The molecule has 0 fully saturated rings. The Balaban J connectivity index is 1.76. The first-order valence-corrected chi connectivity index (χ1v) is 13.4. The average Bonchev–Trinajstić information content (AvgIpc) is 2.88. The molecule has 0 heterocycles. The van der Waals surface area contributed by atoms with Crippen LogP contribution < -0.4 is 15.8 Å². The van der Waals surface area contributed by atoms with Crippen molar-refractivity contribution in [3.05, 3.63) is 78.4 Å². The van der Waals surface area contributed by atoms with Crippen LogP contribution in [0.15, 0.2) is 82.7 Å². The van der Waals surface area contributed by atoms with Crippen molar-refractivity contribution in [1.82, 2.24) is 0 Å². The molecule has 0 bridgehead atoms. The molecule has 0 aliphatic heterocycles. The number of ether oxygens (including phenoxy) is 2. The molecule has 3 N–H and O–H groups in total. The zero-order valence-corrected chi connectivity index (χ0v) is 21.6. The Morgan fingerprint density at radius 2 is 1.73 bits per heavy atom. The van der Waals surface area contributed by atoms with Crippen LogP contribution in [0.5, 0.6) is 5.75 Å². The highest BCUT2D eigenvalue weighted by molar-refractivity contribution is 7.90. The number of carbonyl (C=O) groups is 2. The molecule has 1 atom stereocenters. The van der Waals surface area contributed by atoms with Gasteiger partial charge >= 0.3 is 6.09 Å². The van der Waals surface area contributed by atoms with Gasteiger partial charge in [-0.15, -0.1) is 0 Å². The highest BCUT2D eigenvalue weighted by atomic mass is 32.2. The van der Waals surface area contributed by atoms with Crippen molar-refractivity contribution in [3.63, 3.8) is 0 Å². The van der Waals surface area contributed by atoms with E-state index < -0.39 is 22.0 Å². The first-order valence-electron chi connectivity index (χ1n) is 11.5. The van der Waals surface area contributed by atoms with E-state index in [1.54, 1.807) is 72.8 Å². The Morgan fingerprint density at radius 1 is 1.03 bits per heavy atom. The molecule has 10 heteroatoms. The molecular weight excluding hydrogens is 494 g/mol. The zero-order chi connectivity index (χ0) is 27.0. The minimum absolute atomic E-state index is 0.0358. The van der Waals surface area contributed by atoms with Gasteiger partial charge in [-0.2, -0.15) is 4.99 Å². The minimum Gasteiger partial charge on any atom is -0.481 e. The van der Waals surface area contributed by atoms with Crippen molar-refractivity contribution in [2.24, 2.45) is 10.7 Å². The lowest BCUT2D eigenvalue weighted by atomic mass is 10.1. The van der Waals surface area contributed by atoms with Crippen LogP contribution >= 0.6 is 0 Å². The minimum atomic E-state index is -3.40. The maximum Gasteiger partial charge on any atom is 0.435 e. The highest BCUT2D eigenvalue weighted by Crippen LogP contribution is 2.28. The third-order valence-corrected chi connectivity index (χ3v) is 6.54. The summed E-state index contributed by atoms with van der Waals surface area (Å²) in [6, 6.07) is 20.3. The van der Waals surface area contributed by atoms with Crippen molar-refractivity contribution in [2.75, 3.05) is 18.7 Å². The number of anilines is 1. The summed E-state index contributed by atoms with van der Waals surface area (Å²) in [5, 5.41) is 2.85. The van der Waals surface area contributed by atoms with Crippen molar-refractivity contribution >= 4 is 33.4 Å². The van der Waals surface area contributed by atoms with Gasteiger partial charge < -0.3 is 20.5 Å². The van der Waals surface area contributed by atoms with Crippen molar-refractivity contribution < 1.29 is 27.5 Å². The molecule has 194 valence electrons. The van der Waals surface area contributed by atoms with Gasteiger partial charge in [0.05, 0.1) is 12.0 Å². The number of nitrogens with one attached hydrogen (secondary N) is 1. The van der Waals surface area contributed by atoms with Crippen LogP contribution in [0.2, 0.25) is 0 Å². The molecule has 0 aliphatic rings. The molecule has 0 radical (unpaired) electrons. The summed E-state index contributed by atoms with van der Waals surface area (Å²) in [4.78, 5) is 28.3. The molecule has 37 heavy (non-hydrogen) atoms. The van der Waals surface area contributed by atoms with E-state index in [0.717, 1.165) is 0 Å². The van der Waals surface area contributed by atoms with Gasteiger partial charge in [0.25, 0.3) is 5.91 Å². The number of carbonyl (C=O) groups excluding carboxylic acids is 2. The lowest BCUT2D eigenvalue weighted by molar-refractivity contribution is -0.123. The van der Waals surface area contributed by atoms with Crippen LogP contribution in [-0.4, -0.2) is 45.7 Å². The molecule has 2 amide bonds. The molecule has 0 aromatic heterocycles. The van der Waals surface area contributed by atoms with Crippen molar-refractivity contribution in [2.45, 2.75) is 30.8 Å². The summed E-state index contributed by atoms with van der Waals surface area (Å²) in [6.45, 7) is 1.94. The number of nitrogens with zero attached hydrogens (tertiary/aromatic N) is 1. The van der Waals surface area contributed by atoms with Gasteiger partial charge in [-0.1, -0.05) is 55.8 Å². The second kappa shape index (κ2) is 12.2. The van der Waals surface area contributed by atoms with E-state index in [1.165, 1.54) is 13.4 Å². The molecule has 3 aromatic carbocycles. The van der Waals surface area contributed by atoms with E-state index in [0.29, 0.717) is 41.0 Å². The van der Waals surface area contributed by atoms with Gasteiger partial charge in [-0.3, -0.25) is 4.79 Å². The number of hydrogen-bond acceptors (Lipinski definition) is 6.